The number of benzene rings is 2. The molecule has 1 aliphatic carbocycles. The molecule has 1 aliphatic heterocycles. The summed E-state index contributed by atoms with van der Waals surface area (Å²) in [5, 5.41) is 2.89. The molecule has 0 radical (unpaired) electrons. The first-order valence-electron chi connectivity index (χ1n) is 20.2. The molecular weight excluding hydrogens is 746 g/mol. The molecule has 1 aromatic heterocycles. The van der Waals surface area contributed by atoms with Crippen molar-refractivity contribution in [1.82, 2.24) is 15.2 Å². The van der Waals surface area contributed by atoms with Crippen molar-refractivity contribution in [2.24, 2.45) is 11.7 Å². The lowest BCUT2D eigenvalue weighted by atomic mass is 10.0. The molecule has 3 aromatic rings. The van der Waals surface area contributed by atoms with E-state index in [-0.39, 0.29) is 52.9 Å². The lowest BCUT2D eigenvalue weighted by Crippen LogP contribution is -2.47. The average Bonchev–Trinajstić information content (AvgIpc) is 3.46. The Bertz CT molecular complexity index is 1910. The number of aromatic amines is 1. The van der Waals surface area contributed by atoms with Gasteiger partial charge in [-0.3, -0.25) is 14.4 Å². The molecule has 0 bridgehead atoms. The summed E-state index contributed by atoms with van der Waals surface area (Å²) in [7, 11) is -4.14. The number of primary amides is 1. The molecule has 4 N–H and O–H groups in total. The largest absolute Gasteiger partial charge is 0.366 e. The van der Waals surface area contributed by atoms with Crippen molar-refractivity contribution in [3.63, 3.8) is 0 Å². The SMILES string of the molecule is CCCCCCCCCCCCCCCCC1CC1(CC(=O)N1C[C@H](F)C[C@H]1C(=O)NCc1cccc(Cl)c1F)S(=O)(=O)c1c[nH]c2cc(C(N)=O)ccc12. The number of H-pyrrole nitrogens is 1. The second-order valence-electron chi connectivity index (χ2n) is 15.6. The summed E-state index contributed by atoms with van der Waals surface area (Å²) < 4.78 is 57.2. The number of aromatic nitrogens is 1. The Balaban J connectivity index is 1.22. The predicted octanol–water partition coefficient (Wildman–Crippen LogP) is 9.11. The quantitative estimate of drug-likeness (QED) is 0.0821. The summed E-state index contributed by atoms with van der Waals surface area (Å²) in [5.41, 5.74) is 6.24. The molecule has 1 saturated carbocycles. The molecule has 5 rings (SSSR count). The van der Waals surface area contributed by atoms with Gasteiger partial charge in [0.1, 0.15) is 18.0 Å². The zero-order valence-electron chi connectivity index (χ0n) is 32.0. The molecule has 2 aromatic carbocycles. The molecule has 0 spiro atoms. The van der Waals surface area contributed by atoms with Crippen LogP contribution in [0.5, 0.6) is 0 Å². The molecule has 2 unspecified atom stereocenters. The monoisotopic (exact) mass is 802 g/mol. The van der Waals surface area contributed by atoms with Crippen LogP contribution in [0, 0.1) is 11.7 Å². The summed E-state index contributed by atoms with van der Waals surface area (Å²) in [6.45, 7) is 1.68. The molecule has 9 nitrogen and oxygen atoms in total. The van der Waals surface area contributed by atoms with Crippen LogP contribution in [0.2, 0.25) is 5.02 Å². The van der Waals surface area contributed by atoms with Gasteiger partial charge in [-0.15, -0.1) is 0 Å². The van der Waals surface area contributed by atoms with Gasteiger partial charge in [0.2, 0.25) is 17.7 Å². The fraction of sp³-hybridized carbons (Fsp3) is 0.595. The number of nitrogens with one attached hydrogen (secondary N) is 2. The minimum absolute atomic E-state index is 0.0254. The van der Waals surface area contributed by atoms with E-state index in [1.54, 1.807) is 6.07 Å². The van der Waals surface area contributed by atoms with E-state index >= 15 is 0 Å². The predicted molar refractivity (Wildman–Crippen MR) is 213 cm³/mol. The van der Waals surface area contributed by atoms with Gasteiger partial charge in [-0.2, -0.15) is 0 Å². The Morgan fingerprint density at radius 1 is 0.964 bits per heavy atom. The Kier molecular flexibility index (Phi) is 15.2. The molecule has 1 saturated heterocycles. The maximum absolute atomic E-state index is 14.9. The molecule has 302 valence electrons. The maximum atomic E-state index is 14.9. The maximum Gasteiger partial charge on any atom is 0.248 e. The topological polar surface area (TPSA) is 142 Å². The zero-order valence-corrected chi connectivity index (χ0v) is 33.6. The van der Waals surface area contributed by atoms with Gasteiger partial charge in [-0.25, -0.2) is 17.2 Å². The Morgan fingerprint density at radius 2 is 1.60 bits per heavy atom. The number of likely N-dealkylation sites (tertiary alicyclic amines) is 1. The molecule has 2 aliphatic rings. The summed E-state index contributed by atoms with van der Waals surface area (Å²) >= 11 is 5.88. The highest BCUT2D eigenvalue weighted by molar-refractivity contribution is 7.93. The van der Waals surface area contributed by atoms with E-state index in [9.17, 15) is 31.6 Å². The number of fused-ring (bicyclic) bond motifs is 1. The number of unbranched alkanes of at least 4 members (excludes halogenated alkanes) is 13. The van der Waals surface area contributed by atoms with Gasteiger partial charge < -0.3 is 20.9 Å². The minimum atomic E-state index is -4.14. The van der Waals surface area contributed by atoms with Crippen LogP contribution >= 0.6 is 11.6 Å². The Morgan fingerprint density at radius 3 is 2.24 bits per heavy atom. The van der Waals surface area contributed by atoms with Gasteiger partial charge in [0, 0.05) is 47.6 Å². The van der Waals surface area contributed by atoms with E-state index < -0.39 is 56.8 Å². The van der Waals surface area contributed by atoms with Crippen LogP contribution < -0.4 is 11.1 Å². The summed E-state index contributed by atoms with van der Waals surface area (Å²) in [6.07, 6.45) is 17.1. The molecule has 13 heteroatoms. The second kappa shape index (κ2) is 19.6. The van der Waals surface area contributed by atoms with Gasteiger partial charge in [0.15, 0.2) is 9.84 Å². The van der Waals surface area contributed by atoms with Gasteiger partial charge in [-0.05, 0) is 37.0 Å². The minimum Gasteiger partial charge on any atom is -0.366 e. The number of hydrogen-bond acceptors (Lipinski definition) is 5. The van der Waals surface area contributed by atoms with E-state index in [0.29, 0.717) is 17.3 Å². The summed E-state index contributed by atoms with van der Waals surface area (Å²) in [4.78, 5) is 43.3. The highest BCUT2D eigenvalue weighted by atomic mass is 35.5. The van der Waals surface area contributed by atoms with Crippen LogP contribution in [0.1, 0.15) is 138 Å². The smallest absolute Gasteiger partial charge is 0.248 e. The van der Waals surface area contributed by atoms with Crippen molar-refractivity contribution in [3.05, 3.63) is 64.6 Å². The normalized spacial score (nSPS) is 20.9. The molecule has 55 heavy (non-hydrogen) atoms. The number of nitrogens with zero attached hydrogens (tertiary/aromatic N) is 1. The number of halogens is 3. The van der Waals surface area contributed by atoms with Gasteiger partial charge >= 0.3 is 0 Å². The van der Waals surface area contributed by atoms with Crippen molar-refractivity contribution < 1.29 is 31.6 Å². The Hall–Kier alpha value is -3.51. The van der Waals surface area contributed by atoms with Crippen LogP contribution in [0.15, 0.2) is 47.5 Å². The first-order valence-corrected chi connectivity index (χ1v) is 22.1. The van der Waals surface area contributed by atoms with Gasteiger partial charge in [0.25, 0.3) is 0 Å². The third kappa shape index (κ3) is 10.5. The number of carbonyl (C=O) groups excluding carboxylic acids is 3. The van der Waals surface area contributed by atoms with E-state index in [1.807, 2.05) is 0 Å². The Labute approximate surface area is 329 Å². The third-order valence-electron chi connectivity index (χ3n) is 11.6. The number of nitrogens with two attached hydrogens (primary N) is 1. The number of carbonyl (C=O) groups is 3. The molecule has 3 amide bonds. The second-order valence-corrected chi connectivity index (χ2v) is 18.3. The lowest BCUT2D eigenvalue weighted by molar-refractivity contribution is -0.138. The van der Waals surface area contributed by atoms with Crippen molar-refractivity contribution in [1.29, 1.82) is 0 Å². The number of hydrogen-bond donors (Lipinski definition) is 3. The van der Waals surface area contributed by atoms with Crippen molar-refractivity contribution in [3.8, 4) is 0 Å². The van der Waals surface area contributed by atoms with Crippen LogP contribution in [-0.2, 0) is 26.0 Å². The number of amides is 3. The first-order chi connectivity index (χ1) is 26.4. The van der Waals surface area contributed by atoms with Gasteiger partial charge in [0.05, 0.1) is 21.2 Å². The first kappa shape index (κ1) is 42.6. The molecular formula is C42H57ClF2N4O5S. The molecule has 2 heterocycles. The van der Waals surface area contributed by atoms with Crippen molar-refractivity contribution >= 4 is 50.1 Å². The summed E-state index contributed by atoms with van der Waals surface area (Å²) in [5.74, 6) is -2.89. The third-order valence-corrected chi connectivity index (χ3v) is 14.6. The zero-order chi connectivity index (χ0) is 39.6. The molecule has 4 atom stereocenters. The van der Waals surface area contributed by atoms with Crippen molar-refractivity contribution in [2.75, 3.05) is 6.54 Å². The number of alkyl halides is 1. The fourth-order valence-corrected chi connectivity index (χ4v) is 10.9. The van der Waals surface area contributed by atoms with Crippen LogP contribution in [0.3, 0.4) is 0 Å². The van der Waals surface area contributed by atoms with Crippen LogP contribution in [0.25, 0.3) is 10.9 Å². The number of rotatable bonds is 23. The average molecular weight is 803 g/mol. The van der Waals surface area contributed by atoms with E-state index in [4.69, 9.17) is 17.3 Å². The van der Waals surface area contributed by atoms with Crippen molar-refractivity contribution in [2.45, 2.75) is 151 Å². The fourth-order valence-electron chi connectivity index (χ4n) is 8.29. The van der Waals surface area contributed by atoms with E-state index in [1.165, 1.54) is 101 Å². The molecule has 2 fully saturated rings. The van der Waals surface area contributed by atoms with Crippen LogP contribution in [-0.4, -0.2) is 59.5 Å². The van der Waals surface area contributed by atoms with Crippen LogP contribution in [0.4, 0.5) is 8.78 Å². The highest BCUT2D eigenvalue weighted by Gasteiger charge is 2.65. The van der Waals surface area contributed by atoms with E-state index in [2.05, 4.69) is 17.2 Å². The standard InChI is InChI=1S/C42H57ClF2N4O5S/c1-2-3-4-5-6-7-8-9-10-11-12-13-14-15-18-31-24-42(31,55(53,54)37-27-47-35-22-29(40(46)51)20-21-33(35)37)25-38(50)49-28-32(44)23-36(49)41(52)48-26-30-17-16-19-34(43)39(30)45/h16-17,19-22,27,31-32,36,47H,2-15,18,23-26,28H2,1H3,(H2,46,51)(H,48,52)/t31?,32-,36+,42?/m1/s1. The highest BCUT2D eigenvalue weighted by Crippen LogP contribution is 2.58. The lowest BCUT2D eigenvalue weighted by Gasteiger charge is -2.26. The van der Waals surface area contributed by atoms with E-state index in [0.717, 1.165) is 30.6 Å². The van der Waals surface area contributed by atoms with Gasteiger partial charge in [-0.1, -0.05) is 127 Å². The number of sulfone groups is 1. The summed E-state index contributed by atoms with van der Waals surface area (Å²) in [6, 6.07) is 7.73.